The molecule has 0 bridgehead atoms. The number of ether oxygens (including phenoxy) is 1. The zero-order valence-corrected chi connectivity index (χ0v) is 11.8. The Morgan fingerprint density at radius 3 is 2.82 bits per heavy atom. The number of carbonyl (C=O) groups is 1. The number of hydrogen-bond donors (Lipinski definition) is 0. The minimum Gasteiger partial charge on any atom is -0.471 e. The third-order valence-electron chi connectivity index (χ3n) is 3.53. The summed E-state index contributed by atoms with van der Waals surface area (Å²) < 4.78 is 5.72. The van der Waals surface area contributed by atoms with E-state index in [1.54, 1.807) is 47.5 Å². The van der Waals surface area contributed by atoms with Crippen LogP contribution in [0.5, 0.6) is 5.88 Å². The van der Waals surface area contributed by atoms with Crippen molar-refractivity contribution in [2.75, 3.05) is 13.1 Å². The molecule has 1 aliphatic heterocycles. The topological polar surface area (TPSA) is 79.1 Å². The SMILES string of the molecule is N#Cc1ccc(C(=O)N2CC[C@H](Oc3cccnn3)C2)cc1. The average molecular weight is 294 g/mol. The Hall–Kier alpha value is -2.94. The van der Waals surface area contributed by atoms with Crippen LogP contribution in [-0.4, -0.2) is 40.2 Å². The summed E-state index contributed by atoms with van der Waals surface area (Å²) in [5.74, 6) is 0.426. The molecule has 0 N–H and O–H groups in total. The van der Waals surface area contributed by atoms with Crippen molar-refractivity contribution in [1.82, 2.24) is 15.1 Å². The summed E-state index contributed by atoms with van der Waals surface area (Å²) in [6, 6.07) is 12.2. The van der Waals surface area contributed by atoms with Crippen LogP contribution < -0.4 is 4.74 Å². The van der Waals surface area contributed by atoms with Crippen molar-refractivity contribution in [3.05, 3.63) is 53.7 Å². The number of nitriles is 1. The van der Waals surface area contributed by atoms with Crippen LogP contribution in [-0.2, 0) is 0 Å². The Bertz CT molecular complexity index is 694. The molecule has 110 valence electrons. The Morgan fingerprint density at radius 1 is 1.32 bits per heavy atom. The smallest absolute Gasteiger partial charge is 0.253 e. The molecule has 0 saturated carbocycles. The van der Waals surface area contributed by atoms with Crippen molar-refractivity contribution >= 4 is 5.91 Å². The fraction of sp³-hybridized carbons (Fsp3) is 0.250. The van der Waals surface area contributed by atoms with Gasteiger partial charge >= 0.3 is 0 Å². The Labute approximate surface area is 128 Å². The van der Waals surface area contributed by atoms with Gasteiger partial charge in [-0.3, -0.25) is 4.79 Å². The second-order valence-electron chi connectivity index (χ2n) is 5.03. The van der Waals surface area contributed by atoms with Crippen LogP contribution in [0.2, 0.25) is 0 Å². The Balaban J connectivity index is 1.62. The monoisotopic (exact) mass is 294 g/mol. The summed E-state index contributed by atoms with van der Waals surface area (Å²) in [5, 5.41) is 16.4. The molecule has 1 amide bonds. The molecule has 0 spiro atoms. The van der Waals surface area contributed by atoms with Crippen LogP contribution in [0.25, 0.3) is 0 Å². The Kier molecular flexibility index (Phi) is 3.97. The van der Waals surface area contributed by atoms with E-state index in [1.165, 1.54) is 0 Å². The zero-order chi connectivity index (χ0) is 15.4. The summed E-state index contributed by atoms with van der Waals surface area (Å²) in [7, 11) is 0. The van der Waals surface area contributed by atoms with Crippen molar-refractivity contribution < 1.29 is 9.53 Å². The van der Waals surface area contributed by atoms with Gasteiger partial charge in [-0.25, -0.2) is 0 Å². The van der Waals surface area contributed by atoms with Gasteiger partial charge in [0.15, 0.2) is 0 Å². The highest BCUT2D eigenvalue weighted by Gasteiger charge is 2.28. The van der Waals surface area contributed by atoms with Gasteiger partial charge in [-0.05, 0) is 30.3 Å². The predicted molar refractivity (Wildman–Crippen MR) is 78.1 cm³/mol. The van der Waals surface area contributed by atoms with E-state index in [0.717, 1.165) is 6.42 Å². The highest BCUT2D eigenvalue weighted by molar-refractivity contribution is 5.94. The molecule has 1 aromatic carbocycles. The van der Waals surface area contributed by atoms with Crippen LogP contribution in [0, 0.1) is 11.3 Å². The predicted octanol–water partition coefficient (Wildman–Crippen LogP) is 1.64. The summed E-state index contributed by atoms with van der Waals surface area (Å²) in [6.07, 6.45) is 2.28. The van der Waals surface area contributed by atoms with E-state index < -0.39 is 0 Å². The van der Waals surface area contributed by atoms with E-state index in [-0.39, 0.29) is 12.0 Å². The molecule has 0 unspecified atom stereocenters. The van der Waals surface area contributed by atoms with Crippen LogP contribution in [0.3, 0.4) is 0 Å². The van der Waals surface area contributed by atoms with Gasteiger partial charge in [0.1, 0.15) is 6.10 Å². The fourth-order valence-electron chi connectivity index (χ4n) is 2.40. The molecule has 2 heterocycles. The maximum atomic E-state index is 12.4. The van der Waals surface area contributed by atoms with Gasteiger partial charge in [0, 0.05) is 30.8 Å². The summed E-state index contributed by atoms with van der Waals surface area (Å²) in [4.78, 5) is 14.2. The lowest BCUT2D eigenvalue weighted by Crippen LogP contribution is -2.31. The molecule has 1 atom stereocenters. The van der Waals surface area contributed by atoms with Gasteiger partial charge in [-0.1, -0.05) is 0 Å². The lowest BCUT2D eigenvalue weighted by molar-refractivity contribution is 0.0771. The van der Waals surface area contributed by atoms with Crippen molar-refractivity contribution in [2.45, 2.75) is 12.5 Å². The first-order valence-corrected chi connectivity index (χ1v) is 7.00. The maximum absolute atomic E-state index is 12.4. The van der Waals surface area contributed by atoms with Gasteiger partial charge in [0.2, 0.25) is 5.88 Å². The van der Waals surface area contributed by atoms with E-state index in [2.05, 4.69) is 10.2 Å². The van der Waals surface area contributed by atoms with Gasteiger partial charge < -0.3 is 9.64 Å². The molecule has 22 heavy (non-hydrogen) atoms. The van der Waals surface area contributed by atoms with Crippen LogP contribution in [0.4, 0.5) is 0 Å². The number of rotatable bonds is 3. The zero-order valence-electron chi connectivity index (χ0n) is 11.8. The third-order valence-corrected chi connectivity index (χ3v) is 3.53. The first-order valence-electron chi connectivity index (χ1n) is 7.00. The van der Waals surface area contributed by atoms with Crippen molar-refractivity contribution in [2.24, 2.45) is 0 Å². The highest BCUT2D eigenvalue weighted by atomic mass is 16.5. The Morgan fingerprint density at radius 2 is 2.14 bits per heavy atom. The van der Waals surface area contributed by atoms with Crippen molar-refractivity contribution in [3.8, 4) is 11.9 Å². The molecule has 1 fully saturated rings. The van der Waals surface area contributed by atoms with Gasteiger partial charge in [0.25, 0.3) is 5.91 Å². The molecule has 1 saturated heterocycles. The maximum Gasteiger partial charge on any atom is 0.253 e. The molecular formula is C16H14N4O2. The van der Waals surface area contributed by atoms with Crippen LogP contribution in [0.1, 0.15) is 22.3 Å². The van der Waals surface area contributed by atoms with Crippen molar-refractivity contribution in [3.63, 3.8) is 0 Å². The van der Waals surface area contributed by atoms with Gasteiger partial charge in [-0.15, -0.1) is 5.10 Å². The first kappa shape index (κ1) is 14.0. The molecular weight excluding hydrogens is 280 g/mol. The number of nitrogens with zero attached hydrogens (tertiary/aromatic N) is 4. The minimum absolute atomic E-state index is 0.0465. The molecule has 1 aromatic heterocycles. The molecule has 1 aliphatic rings. The molecule has 6 heteroatoms. The standard InChI is InChI=1S/C16H14N4O2/c17-10-12-3-5-13(6-4-12)16(21)20-9-7-14(11-20)22-15-2-1-8-18-19-15/h1-6,8,14H,7,9,11H2/t14-/m0/s1. The molecule has 0 aliphatic carbocycles. The number of amides is 1. The number of aromatic nitrogens is 2. The van der Waals surface area contributed by atoms with Crippen LogP contribution >= 0.6 is 0 Å². The molecule has 2 aromatic rings. The highest BCUT2D eigenvalue weighted by Crippen LogP contribution is 2.18. The van der Waals surface area contributed by atoms with E-state index in [9.17, 15) is 4.79 Å². The number of carbonyl (C=O) groups excluding carboxylic acids is 1. The molecule has 0 radical (unpaired) electrons. The summed E-state index contributed by atoms with van der Waals surface area (Å²) >= 11 is 0. The normalized spacial score (nSPS) is 17.0. The van der Waals surface area contributed by atoms with E-state index in [1.807, 2.05) is 6.07 Å². The van der Waals surface area contributed by atoms with Crippen molar-refractivity contribution in [1.29, 1.82) is 5.26 Å². The molecule has 3 rings (SSSR count). The second kappa shape index (κ2) is 6.22. The number of hydrogen-bond acceptors (Lipinski definition) is 5. The second-order valence-corrected chi connectivity index (χ2v) is 5.03. The van der Waals surface area contributed by atoms with E-state index >= 15 is 0 Å². The van der Waals surface area contributed by atoms with E-state index in [4.69, 9.17) is 10.00 Å². The number of benzene rings is 1. The molecule has 6 nitrogen and oxygen atoms in total. The minimum atomic E-state index is -0.0703. The van der Waals surface area contributed by atoms with Gasteiger partial charge in [0.05, 0.1) is 18.2 Å². The largest absolute Gasteiger partial charge is 0.471 e. The van der Waals surface area contributed by atoms with E-state index in [0.29, 0.717) is 30.1 Å². The fourth-order valence-corrected chi connectivity index (χ4v) is 2.40. The summed E-state index contributed by atoms with van der Waals surface area (Å²) in [6.45, 7) is 1.17. The quantitative estimate of drug-likeness (QED) is 0.860. The average Bonchev–Trinajstić information content (AvgIpc) is 3.04. The van der Waals surface area contributed by atoms with Gasteiger partial charge in [-0.2, -0.15) is 10.4 Å². The lowest BCUT2D eigenvalue weighted by atomic mass is 10.1. The summed E-state index contributed by atoms with van der Waals surface area (Å²) in [5.41, 5.74) is 1.13. The lowest BCUT2D eigenvalue weighted by Gasteiger charge is -2.16. The first-order chi connectivity index (χ1) is 10.8. The third kappa shape index (κ3) is 3.04. The number of likely N-dealkylation sites (tertiary alicyclic amines) is 1. The van der Waals surface area contributed by atoms with Crippen LogP contribution in [0.15, 0.2) is 42.6 Å².